The molecule has 0 aromatic rings. The number of nitrogens with one attached hydrogen (secondary N) is 2. The predicted octanol–water partition coefficient (Wildman–Crippen LogP) is 2.65. The van der Waals surface area contributed by atoms with Gasteiger partial charge < -0.3 is 5.32 Å². The van der Waals surface area contributed by atoms with Gasteiger partial charge >= 0.3 is 6.18 Å². The summed E-state index contributed by atoms with van der Waals surface area (Å²) < 4.78 is 36.7. The van der Waals surface area contributed by atoms with Crippen molar-refractivity contribution in [3.63, 3.8) is 0 Å². The molecule has 0 bridgehead atoms. The molecule has 7 heteroatoms. The number of dihydropyridines is 1. The van der Waals surface area contributed by atoms with Gasteiger partial charge in [-0.2, -0.15) is 13.2 Å². The van der Waals surface area contributed by atoms with Crippen LogP contribution in [-0.2, 0) is 0 Å². The Morgan fingerprint density at radius 2 is 2.26 bits per heavy atom. The lowest BCUT2D eigenvalue weighted by atomic mass is 10.1. The SMILES string of the molecule is CC#CC1=CC(/C(=C/C(=N)C(F)(F)F)N=O)NC=C1. The van der Waals surface area contributed by atoms with Gasteiger partial charge in [-0.15, -0.1) is 10.8 Å². The van der Waals surface area contributed by atoms with Crippen LogP contribution in [0.1, 0.15) is 6.92 Å². The quantitative estimate of drug-likeness (QED) is 0.470. The van der Waals surface area contributed by atoms with E-state index in [4.69, 9.17) is 5.41 Å². The van der Waals surface area contributed by atoms with Crippen LogP contribution in [0, 0.1) is 22.2 Å². The van der Waals surface area contributed by atoms with Gasteiger partial charge in [0.25, 0.3) is 0 Å². The molecule has 1 heterocycles. The molecular weight excluding hydrogens is 259 g/mol. The van der Waals surface area contributed by atoms with Gasteiger partial charge in [-0.3, -0.25) is 5.41 Å². The number of allylic oxidation sites excluding steroid dienone is 3. The van der Waals surface area contributed by atoms with E-state index in [1.54, 1.807) is 13.0 Å². The fourth-order valence-corrected chi connectivity index (χ4v) is 1.33. The van der Waals surface area contributed by atoms with E-state index in [0.29, 0.717) is 11.6 Å². The van der Waals surface area contributed by atoms with Crippen LogP contribution in [0.5, 0.6) is 0 Å². The minimum Gasteiger partial charge on any atom is -0.379 e. The Balaban J connectivity index is 3.01. The Kier molecular flexibility index (Phi) is 4.64. The van der Waals surface area contributed by atoms with Crippen LogP contribution in [0.2, 0.25) is 0 Å². The highest BCUT2D eigenvalue weighted by atomic mass is 19.4. The Labute approximate surface area is 107 Å². The minimum atomic E-state index is -4.81. The number of hydrogen-bond donors (Lipinski definition) is 2. The predicted molar refractivity (Wildman–Crippen MR) is 65.3 cm³/mol. The van der Waals surface area contributed by atoms with E-state index in [-0.39, 0.29) is 0 Å². The van der Waals surface area contributed by atoms with E-state index < -0.39 is 23.6 Å². The fourth-order valence-electron chi connectivity index (χ4n) is 1.33. The topological polar surface area (TPSA) is 65.3 Å². The first-order valence-corrected chi connectivity index (χ1v) is 5.16. The Morgan fingerprint density at radius 3 is 2.79 bits per heavy atom. The fraction of sp³-hybridized carbons (Fsp3) is 0.250. The van der Waals surface area contributed by atoms with Gasteiger partial charge in [0.15, 0.2) is 0 Å². The highest BCUT2D eigenvalue weighted by Gasteiger charge is 2.33. The lowest BCUT2D eigenvalue weighted by Crippen LogP contribution is -2.28. The lowest BCUT2D eigenvalue weighted by molar-refractivity contribution is -0.0584. The molecule has 0 amide bonds. The largest absolute Gasteiger partial charge is 0.432 e. The lowest BCUT2D eigenvalue weighted by Gasteiger charge is -2.16. The molecule has 1 rings (SSSR count). The molecule has 0 saturated heterocycles. The maximum Gasteiger partial charge on any atom is 0.432 e. The number of nitroso groups, excluding NO2 is 1. The smallest absolute Gasteiger partial charge is 0.379 e. The molecule has 2 N–H and O–H groups in total. The Morgan fingerprint density at radius 1 is 1.58 bits per heavy atom. The first kappa shape index (κ1) is 14.7. The van der Waals surface area contributed by atoms with Crippen molar-refractivity contribution in [1.29, 1.82) is 5.41 Å². The van der Waals surface area contributed by atoms with E-state index in [9.17, 15) is 18.1 Å². The zero-order chi connectivity index (χ0) is 14.5. The van der Waals surface area contributed by atoms with Crippen molar-refractivity contribution >= 4 is 5.71 Å². The molecule has 100 valence electrons. The minimum absolute atomic E-state index is 0.400. The number of rotatable bonds is 3. The van der Waals surface area contributed by atoms with Gasteiger partial charge in [0.05, 0.1) is 6.04 Å². The monoisotopic (exact) mass is 269 g/mol. The molecular formula is C12H10F3N3O. The second kappa shape index (κ2) is 6.00. The molecule has 0 spiro atoms. The first-order chi connectivity index (χ1) is 8.88. The molecule has 0 fully saturated rings. The summed E-state index contributed by atoms with van der Waals surface area (Å²) in [5.74, 6) is 5.35. The molecule has 1 aliphatic heterocycles. The highest BCUT2D eigenvalue weighted by Crippen LogP contribution is 2.20. The third kappa shape index (κ3) is 4.10. The molecule has 19 heavy (non-hydrogen) atoms. The van der Waals surface area contributed by atoms with Crippen LogP contribution in [0.4, 0.5) is 13.2 Å². The van der Waals surface area contributed by atoms with Crippen molar-refractivity contribution in [3.8, 4) is 11.8 Å². The van der Waals surface area contributed by atoms with Crippen LogP contribution in [0.3, 0.4) is 0 Å². The molecule has 0 aliphatic carbocycles. The van der Waals surface area contributed by atoms with E-state index in [1.165, 1.54) is 12.3 Å². The summed E-state index contributed by atoms with van der Waals surface area (Å²) in [7, 11) is 0. The van der Waals surface area contributed by atoms with Crippen molar-refractivity contribution in [2.45, 2.75) is 19.1 Å². The standard InChI is InChI=1S/C12H10F3N3O/c1-2-3-8-4-5-17-9(6-8)10(18-19)7-11(16)12(13,14)15/h4-7,9,16-17H,1H3/b10-7-,16-11?. The van der Waals surface area contributed by atoms with Gasteiger partial charge in [-0.1, -0.05) is 5.92 Å². The van der Waals surface area contributed by atoms with E-state index in [1.807, 2.05) is 0 Å². The maximum atomic E-state index is 12.2. The average molecular weight is 269 g/mol. The molecule has 1 atom stereocenters. The van der Waals surface area contributed by atoms with Crippen molar-refractivity contribution < 1.29 is 13.2 Å². The van der Waals surface area contributed by atoms with E-state index >= 15 is 0 Å². The summed E-state index contributed by atoms with van der Waals surface area (Å²) in [4.78, 5) is 10.6. The van der Waals surface area contributed by atoms with Crippen LogP contribution in [0.25, 0.3) is 0 Å². The summed E-state index contributed by atoms with van der Waals surface area (Å²) in [5, 5.41) is 12.0. The summed E-state index contributed by atoms with van der Waals surface area (Å²) >= 11 is 0. The maximum absolute atomic E-state index is 12.2. The molecule has 0 aromatic carbocycles. The molecule has 0 aromatic heterocycles. The van der Waals surface area contributed by atoms with Gasteiger partial charge in [0.2, 0.25) is 0 Å². The van der Waals surface area contributed by atoms with Crippen molar-refractivity contribution in [3.05, 3.63) is 40.6 Å². The summed E-state index contributed by atoms with van der Waals surface area (Å²) in [6, 6.07) is -0.832. The number of nitrogens with zero attached hydrogens (tertiary/aromatic N) is 1. The average Bonchev–Trinajstić information content (AvgIpc) is 2.35. The van der Waals surface area contributed by atoms with Crippen LogP contribution >= 0.6 is 0 Å². The number of alkyl halides is 3. The zero-order valence-corrected chi connectivity index (χ0v) is 9.88. The van der Waals surface area contributed by atoms with Gasteiger partial charge in [-0.25, -0.2) is 0 Å². The number of hydrogen-bond acceptors (Lipinski definition) is 4. The van der Waals surface area contributed by atoms with Gasteiger partial charge in [-0.05, 0) is 36.5 Å². The summed E-state index contributed by atoms with van der Waals surface area (Å²) in [6.45, 7) is 1.61. The molecule has 0 saturated carbocycles. The van der Waals surface area contributed by atoms with Crippen LogP contribution < -0.4 is 5.32 Å². The van der Waals surface area contributed by atoms with Crippen molar-refractivity contribution in [2.24, 2.45) is 5.18 Å². The Bertz CT molecular complexity index is 533. The van der Waals surface area contributed by atoms with Gasteiger partial charge in [0, 0.05) is 5.57 Å². The second-order valence-electron chi connectivity index (χ2n) is 3.55. The normalized spacial score (nSPS) is 18.8. The third-order valence-electron chi connectivity index (χ3n) is 2.18. The van der Waals surface area contributed by atoms with Crippen molar-refractivity contribution in [1.82, 2.24) is 5.32 Å². The molecule has 4 nitrogen and oxygen atoms in total. The zero-order valence-electron chi connectivity index (χ0n) is 9.88. The first-order valence-electron chi connectivity index (χ1n) is 5.16. The van der Waals surface area contributed by atoms with Gasteiger partial charge in [0.1, 0.15) is 11.4 Å². The Hall–Kier alpha value is -2.36. The molecule has 0 radical (unpaired) electrons. The van der Waals surface area contributed by atoms with Crippen LogP contribution in [0.15, 0.2) is 40.9 Å². The summed E-state index contributed by atoms with van der Waals surface area (Å²) in [5.41, 5.74) is -1.50. The van der Waals surface area contributed by atoms with Crippen molar-refractivity contribution in [2.75, 3.05) is 0 Å². The molecule has 1 unspecified atom stereocenters. The number of halogens is 3. The van der Waals surface area contributed by atoms with Crippen LogP contribution in [-0.4, -0.2) is 17.9 Å². The molecule has 1 aliphatic rings. The second-order valence-corrected chi connectivity index (χ2v) is 3.55. The third-order valence-corrected chi connectivity index (χ3v) is 2.18. The summed E-state index contributed by atoms with van der Waals surface area (Å²) in [6.07, 6.45) is 0.131. The highest BCUT2D eigenvalue weighted by molar-refractivity contribution is 5.97. The van der Waals surface area contributed by atoms with E-state index in [2.05, 4.69) is 22.3 Å². The van der Waals surface area contributed by atoms with E-state index in [0.717, 1.165) is 0 Å².